The van der Waals surface area contributed by atoms with Crippen LogP contribution in [0.1, 0.15) is 32.1 Å². The molecule has 0 bridgehead atoms. The SMILES string of the molecule is Cc1ccccc1C(=O)Nc1nnc(CC(=O)N/N=C/c2ccc(OCc3ccccc3Cl)cc2)s1. The Bertz CT molecular complexity index is 1390. The van der Waals surface area contributed by atoms with Crippen molar-refractivity contribution >= 4 is 46.1 Å². The molecule has 2 N–H and O–H groups in total. The zero-order valence-electron chi connectivity index (χ0n) is 19.3. The molecule has 0 saturated carbocycles. The molecule has 36 heavy (non-hydrogen) atoms. The molecule has 0 unspecified atom stereocenters. The molecule has 0 spiro atoms. The number of halogens is 1. The average Bonchev–Trinajstić information content (AvgIpc) is 3.31. The molecule has 2 amide bonds. The first-order valence-electron chi connectivity index (χ1n) is 11.0. The molecular formula is C26H22ClN5O3S. The van der Waals surface area contributed by atoms with E-state index in [4.69, 9.17) is 16.3 Å². The van der Waals surface area contributed by atoms with E-state index in [1.165, 1.54) is 6.21 Å². The van der Waals surface area contributed by atoms with E-state index in [0.29, 0.717) is 33.1 Å². The molecule has 1 heterocycles. The Kier molecular flexibility index (Phi) is 8.38. The molecule has 0 fully saturated rings. The van der Waals surface area contributed by atoms with Crippen molar-refractivity contribution in [3.05, 3.63) is 105 Å². The molecule has 0 aliphatic rings. The van der Waals surface area contributed by atoms with Crippen molar-refractivity contribution in [2.24, 2.45) is 5.10 Å². The summed E-state index contributed by atoms with van der Waals surface area (Å²) in [7, 11) is 0. The number of amides is 2. The van der Waals surface area contributed by atoms with Gasteiger partial charge in [-0.25, -0.2) is 5.43 Å². The summed E-state index contributed by atoms with van der Waals surface area (Å²) < 4.78 is 5.76. The first-order valence-corrected chi connectivity index (χ1v) is 12.1. The van der Waals surface area contributed by atoms with Crippen LogP contribution >= 0.6 is 22.9 Å². The summed E-state index contributed by atoms with van der Waals surface area (Å²) in [5, 5.41) is 16.0. The van der Waals surface area contributed by atoms with Gasteiger partial charge in [-0.15, -0.1) is 10.2 Å². The summed E-state index contributed by atoms with van der Waals surface area (Å²) in [6.45, 7) is 2.22. The van der Waals surface area contributed by atoms with Crippen LogP contribution in [0.3, 0.4) is 0 Å². The second-order valence-corrected chi connectivity index (χ2v) is 9.16. The molecule has 0 radical (unpaired) electrons. The Balaban J connectivity index is 1.23. The minimum atomic E-state index is -0.348. The van der Waals surface area contributed by atoms with Crippen LogP contribution in [0, 0.1) is 6.92 Å². The molecule has 182 valence electrons. The highest BCUT2D eigenvalue weighted by Gasteiger charge is 2.13. The summed E-state index contributed by atoms with van der Waals surface area (Å²) in [4.78, 5) is 24.6. The highest BCUT2D eigenvalue weighted by Crippen LogP contribution is 2.19. The van der Waals surface area contributed by atoms with Crippen molar-refractivity contribution in [1.29, 1.82) is 0 Å². The summed E-state index contributed by atoms with van der Waals surface area (Å²) in [5.41, 5.74) is 5.58. The molecule has 1 aromatic heterocycles. The number of carbonyl (C=O) groups is 2. The minimum absolute atomic E-state index is 0.00986. The van der Waals surface area contributed by atoms with E-state index in [9.17, 15) is 9.59 Å². The van der Waals surface area contributed by atoms with Gasteiger partial charge in [0.15, 0.2) is 0 Å². The summed E-state index contributed by atoms with van der Waals surface area (Å²) in [6, 6.07) is 22.0. The fourth-order valence-electron chi connectivity index (χ4n) is 3.15. The first-order chi connectivity index (χ1) is 17.5. The van der Waals surface area contributed by atoms with Crippen LogP contribution in [0.4, 0.5) is 5.13 Å². The Morgan fingerprint density at radius 3 is 2.56 bits per heavy atom. The Labute approximate surface area is 217 Å². The molecule has 4 aromatic rings. The number of nitrogens with zero attached hydrogens (tertiary/aromatic N) is 3. The van der Waals surface area contributed by atoms with Crippen molar-refractivity contribution in [2.45, 2.75) is 20.0 Å². The van der Waals surface area contributed by atoms with E-state index in [1.54, 1.807) is 12.1 Å². The average molecular weight is 520 g/mol. The van der Waals surface area contributed by atoms with Crippen LogP contribution in [0.15, 0.2) is 77.9 Å². The van der Waals surface area contributed by atoms with E-state index >= 15 is 0 Å². The van der Waals surface area contributed by atoms with Gasteiger partial charge in [-0.1, -0.05) is 59.3 Å². The molecule has 0 atom stereocenters. The molecule has 0 aliphatic heterocycles. The van der Waals surface area contributed by atoms with E-state index in [0.717, 1.165) is 28.0 Å². The smallest absolute Gasteiger partial charge is 0.257 e. The number of carbonyl (C=O) groups excluding carboxylic acids is 2. The van der Waals surface area contributed by atoms with Crippen molar-refractivity contribution < 1.29 is 14.3 Å². The number of aryl methyl sites for hydroxylation is 1. The summed E-state index contributed by atoms with van der Waals surface area (Å²) in [6.07, 6.45) is 1.52. The van der Waals surface area contributed by atoms with Gasteiger partial charge < -0.3 is 4.74 Å². The maximum atomic E-state index is 12.4. The van der Waals surface area contributed by atoms with Crippen molar-refractivity contribution in [3.8, 4) is 5.75 Å². The van der Waals surface area contributed by atoms with Crippen LogP contribution in [0.25, 0.3) is 0 Å². The number of hydrazone groups is 1. The number of hydrogen-bond acceptors (Lipinski definition) is 7. The van der Waals surface area contributed by atoms with Crippen molar-refractivity contribution in [2.75, 3.05) is 5.32 Å². The highest BCUT2D eigenvalue weighted by atomic mass is 35.5. The highest BCUT2D eigenvalue weighted by molar-refractivity contribution is 7.15. The van der Waals surface area contributed by atoms with Crippen LogP contribution < -0.4 is 15.5 Å². The topological polar surface area (TPSA) is 106 Å². The molecule has 4 rings (SSSR count). The zero-order valence-corrected chi connectivity index (χ0v) is 20.8. The van der Waals surface area contributed by atoms with Crippen molar-refractivity contribution in [3.63, 3.8) is 0 Å². The number of nitrogens with one attached hydrogen (secondary N) is 2. The maximum Gasteiger partial charge on any atom is 0.257 e. The van der Waals surface area contributed by atoms with Crippen LogP contribution in [0.5, 0.6) is 5.75 Å². The van der Waals surface area contributed by atoms with E-state index in [1.807, 2.05) is 67.6 Å². The number of hydrogen-bond donors (Lipinski definition) is 2. The Morgan fingerprint density at radius 2 is 1.78 bits per heavy atom. The van der Waals surface area contributed by atoms with Gasteiger partial charge in [0, 0.05) is 16.1 Å². The standard InChI is InChI=1S/C26H22ClN5O3S/c1-17-6-2-4-8-21(17)25(34)29-26-32-31-24(36-26)14-23(33)30-28-15-18-10-12-20(13-11-18)35-16-19-7-3-5-9-22(19)27/h2-13,15H,14,16H2,1H3,(H,30,33)(H,29,32,34)/b28-15+. The number of benzene rings is 3. The van der Waals surface area contributed by atoms with Gasteiger partial charge in [-0.3, -0.25) is 14.9 Å². The van der Waals surface area contributed by atoms with Crippen LogP contribution in [-0.2, 0) is 17.8 Å². The molecule has 10 heteroatoms. The lowest BCUT2D eigenvalue weighted by Gasteiger charge is -2.07. The minimum Gasteiger partial charge on any atom is -0.489 e. The van der Waals surface area contributed by atoms with Crippen LogP contribution in [0.2, 0.25) is 5.02 Å². The molecule has 3 aromatic carbocycles. The fraction of sp³-hybridized carbons (Fsp3) is 0.115. The van der Waals surface area contributed by atoms with Crippen molar-refractivity contribution in [1.82, 2.24) is 15.6 Å². The number of ether oxygens (including phenoxy) is 1. The van der Waals surface area contributed by atoms with Gasteiger partial charge in [-0.05, 0) is 54.4 Å². The van der Waals surface area contributed by atoms with Gasteiger partial charge in [0.05, 0.1) is 12.6 Å². The maximum absolute atomic E-state index is 12.4. The lowest BCUT2D eigenvalue weighted by Crippen LogP contribution is -2.19. The third-order valence-electron chi connectivity index (χ3n) is 5.02. The van der Waals surface area contributed by atoms with Gasteiger partial charge in [0.25, 0.3) is 5.91 Å². The van der Waals surface area contributed by atoms with E-state index < -0.39 is 0 Å². The Hall–Kier alpha value is -4.08. The normalized spacial score (nSPS) is 10.8. The van der Waals surface area contributed by atoms with Crippen LogP contribution in [-0.4, -0.2) is 28.2 Å². The van der Waals surface area contributed by atoms with E-state index in [2.05, 4.69) is 26.0 Å². The van der Waals surface area contributed by atoms with Gasteiger partial charge in [-0.2, -0.15) is 5.10 Å². The molecule has 0 aliphatic carbocycles. The second-order valence-electron chi connectivity index (χ2n) is 7.69. The lowest BCUT2D eigenvalue weighted by atomic mass is 10.1. The number of rotatable bonds is 9. The number of anilines is 1. The predicted molar refractivity (Wildman–Crippen MR) is 141 cm³/mol. The molecule has 8 nitrogen and oxygen atoms in total. The number of aromatic nitrogens is 2. The zero-order chi connectivity index (χ0) is 25.3. The predicted octanol–water partition coefficient (Wildman–Crippen LogP) is 5.02. The molecule has 0 saturated heterocycles. The fourth-order valence-corrected chi connectivity index (χ4v) is 4.07. The summed E-state index contributed by atoms with van der Waals surface area (Å²) >= 11 is 7.28. The first kappa shape index (κ1) is 25.0. The Morgan fingerprint density at radius 1 is 1.03 bits per heavy atom. The quantitative estimate of drug-likeness (QED) is 0.238. The van der Waals surface area contributed by atoms with E-state index in [-0.39, 0.29) is 18.2 Å². The monoisotopic (exact) mass is 519 g/mol. The third-order valence-corrected chi connectivity index (χ3v) is 6.23. The second kappa shape index (κ2) is 12.1. The summed E-state index contributed by atoms with van der Waals surface area (Å²) in [5.74, 6) is 0.0710. The molecular weight excluding hydrogens is 498 g/mol. The lowest BCUT2D eigenvalue weighted by molar-refractivity contribution is -0.120. The van der Waals surface area contributed by atoms with Gasteiger partial charge >= 0.3 is 0 Å². The van der Waals surface area contributed by atoms with Gasteiger partial charge in [0.2, 0.25) is 11.0 Å². The third kappa shape index (κ3) is 6.97. The van der Waals surface area contributed by atoms with Gasteiger partial charge in [0.1, 0.15) is 17.4 Å². The largest absolute Gasteiger partial charge is 0.489 e.